The molecular weight excluding hydrogens is 203 g/mol. The van der Waals surface area contributed by atoms with Gasteiger partial charge in [-0.25, -0.2) is 9.18 Å². The minimum absolute atomic E-state index is 0.268. The van der Waals surface area contributed by atoms with Gasteiger partial charge in [0, 0.05) is 16.7 Å². The van der Waals surface area contributed by atoms with Gasteiger partial charge in [-0.3, -0.25) is 0 Å². The zero-order valence-electron chi connectivity index (χ0n) is 7.31. The van der Waals surface area contributed by atoms with E-state index in [-0.39, 0.29) is 5.82 Å². The Balaban J connectivity index is 2.39. The lowest BCUT2D eigenvalue weighted by Gasteiger charge is -1.96. The predicted octanol–water partition coefficient (Wildman–Crippen LogP) is 2.56. The lowest BCUT2D eigenvalue weighted by molar-refractivity contribution is -0.131. The molecular formula is C10H9FO2S. The molecule has 0 aliphatic carbocycles. The van der Waals surface area contributed by atoms with Crippen LogP contribution >= 0.6 is 11.8 Å². The topological polar surface area (TPSA) is 37.3 Å². The monoisotopic (exact) mass is 212 g/mol. The van der Waals surface area contributed by atoms with E-state index in [2.05, 4.69) is 0 Å². The Morgan fingerprint density at radius 2 is 2.07 bits per heavy atom. The Morgan fingerprint density at radius 3 is 2.64 bits per heavy atom. The zero-order valence-corrected chi connectivity index (χ0v) is 8.13. The van der Waals surface area contributed by atoms with E-state index in [4.69, 9.17) is 5.11 Å². The molecule has 1 N–H and O–H groups in total. The van der Waals surface area contributed by atoms with Crippen molar-refractivity contribution in [2.75, 3.05) is 5.75 Å². The second kappa shape index (κ2) is 5.44. The van der Waals surface area contributed by atoms with E-state index < -0.39 is 5.97 Å². The van der Waals surface area contributed by atoms with E-state index in [1.807, 2.05) is 0 Å². The van der Waals surface area contributed by atoms with E-state index in [0.717, 1.165) is 11.0 Å². The standard InChI is InChI=1S/C10H9FO2S/c11-8-3-5-9(6-4-8)14-7-1-2-10(12)13/h1-6H,7H2,(H,12,13). The maximum atomic E-state index is 12.5. The van der Waals surface area contributed by atoms with Crippen molar-refractivity contribution < 1.29 is 14.3 Å². The Kier molecular flexibility index (Phi) is 4.19. The smallest absolute Gasteiger partial charge is 0.328 e. The largest absolute Gasteiger partial charge is 0.478 e. The van der Waals surface area contributed by atoms with Crippen LogP contribution < -0.4 is 0 Å². The SMILES string of the molecule is O=C(O)C=CCSc1ccc(F)cc1. The summed E-state index contributed by atoms with van der Waals surface area (Å²) in [5, 5.41) is 8.30. The van der Waals surface area contributed by atoms with Crippen LogP contribution in [-0.2, 0) is 4.79 Å². The number of hydrogen-bond donors (Lipinski definition) is 1. The Bertz CT molecular complexity index is 332. The molecule has 2 nitrogen and oxygen atoms in total. The van der Waals surface area contributed by atoms with E-state index in [1.165, 1.54) is 23.9 Å². The molecule has 0 radical (unpaired) electrons. The third-order valence-electron chi connectivity index (χ3n) is 1.42. The highest BCUT2D eigenvalue weighted by Crippen LogP contribution is 2.17. The number of hydrogen-bond acceptors (Lipinski definition) is 2. The van der Waals surface area contributed by atoms with Crippen LogP contribution in [0.5, 0.6) is 0 Å². The fraction of sp³-hybridized carbons (Fsp3) is 0.100. The molecule has 0 aromatic heterocycles. The van der Waals surface area contributed by atoms with Crippen LogP contribution in [0.1, 0.15) is 0 Å². The first-order chi connectivity index (χ1) is 6.68. The van der Waals surface area contributed by atoms with Crippen LogP contribution in [0.2, 0.25) is 0 Å². The summed E-state index contributed by atoms with van der Waals surface area (Å²) in [4.78, 5) is 11.0. The molecule has 0 saturated carbocycles. The molecule has 14 heavy (non-hydrogen) atoms. The van der Waals surface area contributed by atoms with Crippen molar-refractivity contribution in [2.24, 2.45) is 0 Å². The van der Waals surface area contributed by atoms with Gasteiger partial charge in [-0.05, 0) is 24.3 Å². The number of halogens is 1. The van der Waals surface area contributed by atoms with Crippen LogP contribution in [0, 0.1) is 5.82 Å². The third-order valence-corrected chi connectivity index (χ3v) is 2.38. The minimum Gasteiger partial charge on any atom is -0.478 e. The van der Waals surface area contributed by atoms with Crippen LogP contribution in [0.25, 0.3) is 0 Å². The highest BCUT2D eigenvalue weighted by atomic mass is 32.2. The Labute approximate surface area is 85.4 Å². The van der Waals surface area contributed by atoms with Gasteiger partial charge in [-0.2, -0.15) is 0 Å². The van der Waals surface area contributed by atoms with Gasteiger partial charge in [0.25, 0.3) is 0 Å². The number of aliphatic carboxylic acids is 1. The number of thioether (sulfide) groups is 1. The predicted molar refractivity (Wildman–Crippen MR) is 53.9 cm³/mol. The highest BCUT2D eigenvalue weighted by Gasteiger charge is 1.93. The van der Waals surface area contributed by atoms with Crippen molar-refractivity contribution in [3.8, 4) is 0 Å². The van der Waals surface area contributed by atoms with E-state index in [9.17, 15) is 9.18 Å². The molecule has 0 unspecified atom stereocenters. The molecule has 0 aliphatic rings. The molecule has 0 spiro atoms. The number of rotatable bonds is 4. The highest BCUT2D eigenvalue weighted by molar-refractivity contribution is 7.99. The summed E-state index contributed by atoms with van der Waals surface area (Å²) in [6.45, 7) is 0. The quantitative estimate of drug-likeness (QED) is 0.615. The molecule has 1 aromatic carbocycles. The summed E-state index contributed by atoms with van der Waals surface area (Å²) < 4.78 is 12.5. The molecule has 0 atom stereocenters. The molecule has 1 aromatic rings. The van der Waals surface area contributed by atoms with Gasteiger partial charge >= 0.3 is 5.97 Å². The minimum atomic E-state index is -0.954. The van der Waals surface area contributed by atoms with Gasteiger partial charge in [0.1, 0.15) is 5.82 Å². The molecule has 4 heteroatoms. The maximum absolute atomic E-state index is 12.5. The molecule has 0 fully saturated rings. The third kappa shape index (κ3) is 4.09. The lowest BCUT2D eigenvalue weighted by atomic mass is 10.4. The zero-order chi connectivity index (χ0) is 10.4. The first kappa shape index (κ1) is 10.8. The van der Waals surface area contributed by atoms with E-state index >= 15 is 0 Å². The average Bonchev–Trinajstić information content (AvgIpc) is 2.15. The summed E-state index contributed by atoms with van der Waals surface area (Å²) in [6, 6.07) is 6.08. The van der Waals surface area contributed by atoms with E-state index in [1.54, 1.807) is 18.2 Å². The van der Waals surface area contributed by atoms with Gasteiger partial charge < -0.3 is 5.11 Å². The first-order valence-electron chi connectivity index (χ1n) is 3.96. The van der Waals surface area contributed by atoms with Gasteiger partial charge in [-0.1, -0.05) is 6.08 Å². The molecule has 1 rings (SSSR count). The summed E-state index contributed by atoms with van der Waals surface area (Å²) >= 11 is 1.45. The van der Waals surface area contributed by atoms with Crippen molar-refractivity contribution in [2.45, 2.75) is 4.90 Å². The number of benzene rings is 1. The van der Waals surface area contributed by atoms with Crippen molar-refractivity contribution in [1.82, 2.24) is 0 Å². The lowest BCUT2D eigenvalue weighted by Crippen LogP contribution is -1.86. The fourth-order valence-corrected chi connectivity index (χ4v) is 1.54. The second-order valence-electron chi connectivity index (χ2n) is 2.51. The average molecular weight is 212 g/mol. The van der Waals surface area contributed by atoms with Gasteiger partial charge in [0.2, 0.25) is 0 Å². The number of carboxylic acid groups (broad SMARTS) is 1. The van der Waals surface area contributed by atoms with E-state index in [0.29, 0.717) is 5.75 Å². The molecule has 74 valence electrons. The molecule has 0 heterocycles. The summed E-state index contributed by atoms with van der Waals surface area (Å²) in [6.07, 6.45) is 2.65. The van der Waals surface area contributed by atoms with Gasteiger partial charge in [0.05, 0.1) is 0 Å². The molecule has 0 saturated heterocycles. The Morgan fingerprint density at radius 1 is 1.43 bits per heavy atom. The second-order valence-corrected chi connectivity index (χ2v) is 3.60. The number of carbonyl (C=O) groups is 1. The van der Waals surface area contributed by atoms with Crippen molar-refractivity contribution >= 4 is 17.7 Å². The summed E-state index contributed by atoms with van der Waals surface area (Å²) in [5.41, 5.74) is 0. The van der Waals surface area contributed by atoms with Crippen LogP contribution in [-0.4, -0.2) is 16.8 Å². The maximum Gasteiger partial charge on any atom is 0.328 e. The van der Waals surface area contributed by atoms with Crippen molar-refractivity contribution in [3.05, 3.63) is 42.2 Å². The van der Waals surface area contributed by atoms with Gasteiger partial charge in [0.15, 0.2) is 0 Å². The molecule has 0 bridgehead atoms. The van der Waals surface area contributed by atoms with Crippen LogP contribution in [0.15, 0.2) is 41.3 Å². The van der Waals surface area contributed by atoms with Gasteiger partial charge in [-0.15, -0.1) is 11.8 Å². The number of carboxylic acids is 1. The normalized spacial score (nSPS) is 10.6. The van der Waals surface area contributed by atoms with Crippen molar-refractivity contribution in [3.63, 3.8) is 0 Å². The molecule has 0 amide bonds. The first-order valence-corrected chi connectivity index (χ1v) is 4.95. The Hall–Kier alpha value is -1.29. The fourth-order valence-electron chi connectivity index (χ4n) is 0.824. The molecule has 0 aliphatic heterocycles. The van der Waals surface area contributed by atoms with Crippen molar-refractivity contribution in [1.29, 1.82) is 0 Å². The summed E-state index contributed by atoms with van der Waals surface area (Å²) in [5.74, 6) is -0.655. The van der Waals surface area contributed by atoms with Crippen LogP contribution in [0.4, 0.5) is 4.39 Å². The summed E-state index contributed by atoms with van der Waals surface area (Å²) in [7, 11) is 0. The van der Waals surface area contributed by atoms with Crippen LogP contribution in [0.3, 0.4) is 0 Å².